The van der Waals surface area contributed by atoms with Crippen molar-refractivity contribution in [3.05, 3.63) is 64.3 Å². The Kier molecular flexibility index (Phi) is 7.85. The van der Waals surface area contributed by atoms with Crippen molar-refractivity contribution in [2.24, 2.45) is 5.92 Å². The van der Waals surface area contributed by atoms with Crippen molar-refractivity contribution in [3.63, 3.8) is 0 Å². The number of carbonyl (C=O) groups is 2. The molecule has 0 unspecified atom stereocenters. The number of likely N-dealkylation sites (tertiary alicyclic amines) is 2. The van der Waals surface area contributed by atoms with Crippen LogP contribution in [0.25, 0.3) is 10.9 Å². The first-order valence-corrected chi connectivity index (χ1v) is 13.6. The molecule has 6 nitrogen and oxygen atoms in total. The van der Waals surface area contributed by atoms with Gasteiger partial charge in [0.05, 0.1) is 15.7 Å². The Morgan fingerprint density at radius 2 is 1.69 bits per heavy atom. The molecule has 0 radical (unpaired) electrons. The lowest BCUT2D eigenvalue weighted by molar-refractivity contribution is -0.131. The average molecular weight is 527 g/mol. The molecule has 0 aliphatic carbocycles. The number of rotatable bonds is 6. The number of H-pyrrole nitrogens is 1. The summed E-state index contributed by atoms with van der Waals surface area (Å²) in [5.74, 6) is 0.306. The van der Waals surface area contributed by atoms with E-state index in [0.717, 1.165) is 43.4 Å². The number of anilines is 1. The molecule has 0 atom stereocenters. The first-order valence-electron chi connectivity index (χ1n) is 12.8. The van der Waals surface area contributed by atoms with Crippen LogP contribution in [0.5, 0.6) is 0 Å². The number of piperidine rings is 2. The van der Waals surface area contributed by atoms with Crippen LogP contribution in [-0.2, 0) is 4.79 Å². The van der Waals surface area contributed by atoms with Crippen LogP contribution in [0.4, 0.5) is 5.69 Å². The number of fused-ring (bicyclic) bond motifs is 1. The van der Waals surface area contributed by atoms with Crippen molar-refractivity contribution in [1.29, 1.82) is 0 Å². The maximum Gasteiger partial charge on any atom is 0.258 e. The molecular weight excluding hydrogens is 495 g/mol. The molecule has 2 aliphatic heterocycles. The number of nitrogens with one attached hydrogen (secondary N) is 1. The van der Waals surface area contributed by atoms with Gasteiger partial charge >= 0.3 is 0 Å². The van der Waals surface area contributed by atoms with Gasteiger partial charge in [-0.15, -0.1) is 0 Å². The Morgan fingerprint density at radius 1 is 0.944 bits per heavy atom. The van der Waals surface area contributed by atoms with Crippen LogP contribution in [0, 0.1) is 5.92 Å². The molecule has 2 aromatic carbocycles. The number of para-hydroxylation sites is 1. The van der Waals surface area contributed by atoms with Crippen LogP contribution in [0.3, 0.4) is 0 Å². The van der Waals surface area contributed by atoms with E-state index in [1.54, 1.807) is 30.5 Å². The molecule has 5 rings (SSSR count). The van der Waals surface area contributed by atoms with Crippen molar-refractivity contribution in [1.82, 2.24) is 14.8 Å². The highest BCUT2D eigenvalue weighted by molar-refractivity contribution is 6.36. The molecule has 3 heterocycles. The second-order valence-corrected chi connectivity index (χ2v) is 10.7. The summed E-state index contributed by atoms with van der Waals surface area (Å²) in [6.45, 7) is 4.95. The van der Waals surface area contributed by atoms with Crippen molar-refractivity contribution in [3.8, 4) is 0 Å². The Bertz CT molecular complexity index is 1230. The fraction of sp³-hybridized carbons (Fsp3) is 0.429. The standard InChI is InChI=1S/C28H32Cl2N4O2/c29-23-6-2-3-7-26(23)34(28(36)21-8-9-22-24(30)17-31-25(22)16-21)19-27(35)33-14-10-20(11-15-33)18-32-12-4-1-5-13-32/h2-3,6-9,16-17,20,31H,1,4-5,10-15,18-19H2. The number of hydrogen-bond acceptors (Lipinski definition) is 3. The molecule has 2 saturated heterocycles. The summed E-state index contributed by atoms with van der Waals surface area (Å²) in [5, 5.41) is 1.88. The molecular formula is C28H32Cl2N4O2. The fourth-order valence-corrected chi connectivity index (χ4v) is 5.88. The molecule has 1 N–H and O–H groups in total. The lowest BCUT2D eigenvalue weighted by Crippen LogP contribution is -2.47. The molecule has 0 spiro atoms. The zero-order valence-corrected chi connectivity index (χ0v) is 21.9. The van der Waals surface area contributed by atoms with Gasteiger partial charge in [0.25, 0.3) is 5.91 Å². The van der Waals surface area contributed by atoms with Crippen LogP contribution in [-0.4, -0.2) is 65.9 Å². The minimum Gasteiger partial charge on any atom is -0.360 e. The van der Waals surface area contributed by atoms with Crippen LogP contribution < -0.4 is 4.90 Å². The van der Waals surface area contributed by atoms with Crippen LogP contribution in [0.1, 0.15) is 42.5 Å². The molecule has 36 heavy (non-hydrogen) atoms. The van der Waals surface area contributed by atoms with Gasteiger partial charge in [0.15, 0.2) is 0 Å². The van der Waals surface area contributed by atoms with Gasteiger partial charge < -0.3 is 14.8 Å². The third-order valence-corrected chi connectivity index (χ3v) is 8.12. The van der Waals surface area contributed by atoms with E-state index in [1.807, 2.05) is 23.1 Å². The molecule has 0 bridgehead atoms. The first-order chi connectivity index (χ1) is 17.5. The molecule has 190 valence electrons. The van der Waals surface area contributed by atoms with E-state index in [1.165, 1.54) is 37.3 Å². The largest absolute Gasteiger partial charge is 0.360 e. The molecule has 2 fully saturated rings. The second-order valence-electron chi connectivity index (χ2n) is 9.93. The van der Waals surface area contributed by atoms with Crippen molar-refractivity contribution >= 4 is 51.6 Å². The molecule has 2 aliphatic rings. The summed E-state index contributed by atoms with van der Waals surface area (Å²) in [6, 6.07) is 12.5. The van der Waals surface area contributed by atoms with Crippen molar-refractivity contribution in [2.75, 3.05) is 44.2 Å². The van der Waals surface area contributed by atoms with Gasteiger partial charge in [0, 0.05) is 42.3 Å². The maximum absolute atomic E-state index is 13.7. The van der Waals surface area contributed by atoms with Gasteiger partial charge in [-0.1, -0.05) is 47.8 Å². The molecule has 8 heteroatoms. The highest BCUT2D eigenvalue weighted by Gasteiger charge is 2.29. The minimum absolute atomic E-state index is 0.0521. The number of carbonyl (C=O) groups excluding carboxylic acids is 2. The number of nitrogens with zero attached hydrogens (tertiary/aromatic N) is 3. The highest BCUT2D eigenvalue weighted by Crippen LogP contribution is 2.29. The number of aromatic nitrogens is 1. The average Bonchev–Trinajstić information content (AvgIpc) is 3.28. The van der Waals surface area contributed by atoms with E-state index >= 15 is 0 Å². The van der Waals surface area contributed by atoms with Gasteiger partial charge in [0.1, 0.15) is 6.54 Å². The fourth-order valence-electron chi connectivity index (χ4n) is 5.42. The Morgan fingerprint density at radius 3 is 2.44 bits per heavy atom. The predicted molar refractivity (Wildman–Crippen MR) is 146 cm³/mol. The molecule has 3 aromatic rings. The monoisotopic (exact) mass is 526 g/mol. The van der Waals surface area contributed by atoms with Crippen LogP contribution in [0.2, 0.25) is 10.0 Å². The van der Waals surface area contributed by atoms with Crippen LogP contribution >= 0.6 is 23.2 Å². The highest BCUT2D eigenvalue weighted by atomic mass is 35.5. The normalized spacial score (nSPS) is 17.4. The number of hydrogen-bond donors (Lipinski definition) is 1. The minimum atomic E-state index is -0.274. The summed E-state index contributed by atoms with van der Waals surface area (Å²) in [6.07, 6.45) is 7.65. The summed E-state index contributed by atoms with van der Waals surface area (Å²) >= 11 is 12.7. The van der Waals surface area contributed by atoms with E-state index in [4.69, 9.17) is 23.2 Å². The summed E-state index contributed by atoms with van der Waals surface area (Å²) in [4.78, 5) is 36.1. The lowest BCUT2D eigenvalue weighted by Gasteiger charge is -2.37. The zero-order chi connectivity index (χ0) is 25.1. The number of halogens is 2. The van der Waals surface area contributed by atoms with E-state index < -0.39 is 0 Å². The van der Waals surface area contributed by atoms with Crippen molar-refractivity contribution in [2.45, 2.75) is 32.1 Å². The Labute approximate surface area is 222 Å². The van der Waals surface area contributed by atoms with Gasteiger partial charge in [-0.05, 0) is 69.0 Å². The SMILES string of the molecule is O=C(CN(C(=O)c1ccc2c(Cl)c[nH]c2c1)c1ccccc1Cl)N1CCC(CN2CCCCC2)CC1. The number of benzene rings is 2. The van der Waals surface area contributed by atoms with Crippen LogP contribution in [0.15, 0.2) is 48.7 Å². The third kappa shape index (κ3) is 5.56. The quantitative estimate of drug-likeness (QED) is 0.438. The first kappa shape index (κ1) is 25.1. The molecule has 1 aromatic heterocycles. The van der Waals surface area contributed by atoms with Gasteiger partial charge in [0.2, 0.25) is 5.91 Å². The van der Waals surface area contributed by atoms with Crippen molar-refractivity contribution < 1.29 is 9.59 Å². The van der Waals surface area contributed by atoms with E-state index in [9.17, 15) is 9.59 Å². The summed E-state index contributed by atoms with van der Waals surface area (Å²) < 4.78 is 0. The third-order valence-electron chi connectivity index (χ3n) is 7.49. The van der Waals surface area contributed by atoms with E-state index in [2.05, 4.69) is 9.88 Å². The zero-order valence-electron chi connectivity index (χ0n) is 20.4. The van der Waals surface area contributed by atoms with Gasteiger partial charge in [-0.2, -0.15) is 0 Å². The second kappa shape index (κ2) is 11.2. The maximum atomic E-state index is 13.7. The smallest absolute Gasteiger partial charge is 0.258 e. The van der Waals surface area contributed by atoms with E-state index in [-0.39, 0.29) is 18.4 Å². The number of aromatic amines is 1. The van der Waals surface area contributed by atoms with Gasteiger partial charge in [-0.25, -0.2) is 0 Å². The molecule has 0 saturated carbocycles. The molecule has 2 amide bonds. The van der Waals surface area contributed by atoms with Gasteiger partial charge in [-0.3, -0.25) is 14.5 Å². The topological polar surface area (TPSA) is 59.7 Å². The summed E-state index contributed by atoms with van der Waals surface area (Å²) in [5.41, 5.74) is 1.77. The van der Waals surface area contributed by atoms with E-state index in [0.29, 0.717) is 27.2 Å². The lowest BCUT2D eigenvalue weighted by atomic mass is 9.95. The number of amides is 2. The Hall–Kier alpha value is -2.54. The Balaban J connectivity index is 1.29. The predicted octanol–water partition coefficient (Wildman–Crippen LogP) is 5.85. The summed E-state index contributed by atoms with van der Waals surface area (Å²) in [7, 11) is 0.